The molecule has 0 fully saturated rings. The number of benzene rings is 8. The minimum atomic E-state index is 0.830. The third-order valence-electron chi connectivity index (χ3n) is 20.6. The molecule has 4 N–H and O–H groups in total. The Kier molecular flexibility index (Phi) is 15.3. The van der Waals surface area contributed by atoms with Crippen LogP contribution in [0.15, 0.2) is 267 Å². The van der Waals surface area contributed by atoms with Crippen LogP contribution < -0.4 is 0 Å². The maximum atomic E-state index is 5.73. The molecule has 0 saturated carbocycles. The summed E-state index contributed by atoms with van der Waals surface area (Å²) in [6.07, 6.45) is 21.9. The van der Waals surface area contributed by atoms with E-state index in [2.05, 4.69) is 347 Å². The average Bonchev–Trinajstić information content (AvgIpc) is 1.61. The van der Waals surface area contributed by atoms with Gasteiger partial charge in [0.15, 0.2) is 0 Å². The molecule has 490 valence electrons. The third-order valence-corrected chi connectivity index (χ3v) is 20.6. The molecule has 0 radical (unpaired) electrons. The van der Waals surface area contributed by atoms with Gasteiger partial charge >= 0.3 is 0 Å². The van der Waals surface area contributed by atoms with Gasteiger partial charge in [-0.15, -0.1) is 0 Å². The zero-order chi connectivity index (χ0) is 68.3. The van der Waals surface area contributed by atoms with E-state index in [1.165, 1.54) is 10.8 Å². The second kappa shape index (κ2) is 25.8. The summed E-state index contributed by atoms with van der Waals surface area (Å²) in [5, 5.41) is 2.37. The summed E-state index contributed by atoms with van der Waals surface area (Å²) in [6, 6.07) is 95.5. The normalized spacial score (nSPS) is 12.4. The van der Waals surface area contributed by atoms with Gasteiger partial charge < -0.3 is 24.5 Å². The van der Waals surface area contributed by atoms with E-state index in [9.17, 15) is 0 Å². The number of fused-ring (bicyclic) bond motifs is 19. The Balaban J connectivity index is 0.862. The standard InChI is InChI=1S/C94H69N9/c1-2-3-4-23-56-103-85-57-65(93-81-52-48-77(99-81)89(61-28-15-7-16-29-61)73-44-40-69(95-73)87(59-24-11-5-12-25-59)70-41-45-74(96-70)90(62-30-17-8-18-31-62)78-49-53-82(93)100-78)36-38-67(85)68-39-37-66(58-86(68)103)94-83-54-50-79(101-83)91(63-32-19-9-20-33-63)75-46-42-71(97-75)88(60-26-13-6-14-27-60)72-43-47-76(98-72)92(64-34-21-10-22-35-64)80-51-55-84(94)102-80/h5-22,24-55,57-58,95,97,100,102H,2-4,23,56H2,1H3. The maximum absolute atomic E-state index is 5.73. The van der Waals surface area contributed by atoms with Gasteiger partial charge in [-0.05, 0) is 160 Å². The number of unbranched alkanes of at least 4 members (excludes halogenated alkanes) is 3. The zero-order valence-electron chi connectivity index (χ0n) is 56.8. The van der Waals surface area contributed by atoms with Crippen LogP contribution in [0.3, 0.4) is 0 Å². The molecule has 0 amide bonds. The molecule has 15 aromatic rings. The van der Waals surface area contributed by atoms with E-state index in [0.29, 0.717) is 0 Å². The van der Waals surface area contributed by atoms with Gasteiger partial charge in [0.1, 0.15) is 0 Å². The van der Waals surface area contributed by atoms with Crippen LogP contribution in [0.2, 0.25) is 0 Å². The molecule has 7 aromatic heterocycles. The van der Waals surface area contributed by atoms with Crippen LogP contribution >= 0.6 is 0 Å². The van der Waals surface area contributed by atoms with Crippen LogP contribution in [-0.2, 0) is 6.54 Å². The number of nitrogens with zero attached hydrogens (tertiary/aromatic N) is 5. The lowest BCUT2D eigenvalue weighted by atomic mass is 10.00. The van der Waals surface area contributed by atoms with Gasteiger partial charge in [0.05, 0.1) is 45.6 Å². The molecular weight excluding hydrogens is 1260 g/mol. The predicted octanol–water partition coefficient (Wildman–Crippen LogP) is 24.6. The number of hydrogen-bond acceptors (Lipinski definition) is 4. The fourth-order valence-electron chi connectivity index (χ4n) is 15.8. The van der Waals surface area contributed by atoms with Gasteiger partial charge in [0.2, 0.25) is 0 Å². The summed E-state index contributed by atoms with van der Waals surface area (Å²) in [5.74, 6) is 0. The monoisotopic (exact) mass is 1320 g/mol. The Bertz CT molecular complexity index is 5910. The summed E-state index contributed by atoms with van der Waals surface area (Å²) in [7, 11) is 0. The minimum Gasteiger partial charge on any atom is -0.354 e. The van der Waals surface area contributed by atoms with Crippen LogP contribution in [0, 0.1) is 0 Å². The van der Waals surface area contributed by atoms with Gasteiger partial charge in [-0.3, -0.25) is 0 Å². The van der Waals surface area contributed by atoms with Crippen molar-refractivity contribution in [3.63, 3.8) is 0 Å². The molecule has 19 rings (SSSR count). The highest BCUT2D eigenvalue weighted by atomic mass is 15.0. The smallest absolute Gasteiger partial charge is 0.0737 e. The Morgan fingerprint density at radius 2 is 0.456 bits per heavy atom. The van der Waals surface area contributed by atoms with E-state index in [-0.39, 0.29) is 0 Å². The molecule has 4 aliphatic rings. The number of H-pyrrole nitrogens is 4. The maximum Gasteiger partial charge on any atom is 0.0737 e. The number of hydrogen-bond donors (Lipinski definition) is 4. The van der Waals surface area contributed by atoms with Gasteiger partial charge in [0, 0.05) is 117 Å². The number of aromatic amines is 4. The quantitative estimate of drug-likeness (QED) is 0.0860. The number of aromatic nitrogens is 9. The molecule has 0 saturated heterocycles. The molecule has 0 unspecified atom stereocenters. The predicted molar refractivity (Wildman–Crippen MR) is 432 cm³/mol. The second-order valence-electron chi connectivity index (χ2n) is 26.9. The van der Waals surface area contributed by atoms with E-state index in [4.69, 9.17) is 19.9 Å². The fourth-order valence-corrected chi connectivity index (χ4v) is 15.8. The van der Waals surface area contributed by atoms with Gasteiger partial charge in [-0.25, -0.2) is 19.9 Å². The molecule has 0 spiro atoms. The number of rotatable bonds is 13. The summed E-state index contributed by atoms with van der Waals surface area (Å²) >= 11 is 0. The van der Waals surface area contributed by atoms with Crippen molar-refractivity contribution in [1.82, 2.24) is 44.4 Å². The van der Waals surface area contributed by atoms with Crippen LogP contribution in [0.1, 0.15) is 78.2 Å². The lowest BCUT2D eigenvalue weighted by molar-refractivity contribution is 0.602. The highest BCUT2D eigenvalue weighted by Crippen LogP contribution is 2.44. The van der Waals surface area contributed by atoms with E-state index in [0.717, 1.165) is 222 Å². The van der Waals surface area contributed by atoms with Crippen molar-refractivity contribution in [2.45, 2.75) is 39.2 Å². The van der Waals surface area contributed by atoms with Crippen molar-refractivity contribution in [2.75, 3.05) is 0 Å². The van der Waals surface area contributed by atoms with Crippen molar-refractivity contribution < 1.29 is 0 Å². The molecule has 0 atom stereocenters. The van der Waals surface area contributed by atoms with E-state index in [1.807, 2.05) is 0 Å². The third kappa shape index (κ3) is 11.0. The molecule has 9 nitrogen and oxygen atoms in total. The van der Waals surface area contributed by atoms with Crippen molar-refractivity contribution in [2.24, 2.45) is 0 Å². The SMILES string of the molecule is CCCCCCn1c2cc(-c3c4nc(c(-c5ccccc5)c5ccc([nH]5)c(-c5ccccc5)c5nc(c(-c6ccccc6)c6ccc3[nH]6)C=C5)C=C4)ccc2c2ccc(-c3c4nc(c(-c5ccccc5)c5ccc([nH]5)c(-c5ccccc5)c5nc(c(-c6ccccc6)c6ccc3[nH]6)C=C5)C=C4)cc21. The molecule has 16 bridgehead atoms. The van der Waals surface area contributed by atoms with Crippen molar-refractivity contribution >= 4 is 115 Å². The van der Waals surface area contributed by atoms with Gasteiger partial charge in [-0.1, -0.05) is 232 Å². The molecule has 4 aliphatic heterocycles. The molecule has 103 heavy (non-hydrogen) atoms. The molecule has 11 heterocycles. The largest absolute Gasteiger partial charge is 0.354 e. The Hall–Kier alpha value is -13.2. The Labute approximate surface area is 596 Å². The van der Waals surface area contributed by atoms with Gasteiger partial charge in [0.25, 0.3) is 0 Å². The average molecular weight is 1320 g/mol. The number of nitrogens with one attached hydrogen (secondary N) is 4. The summed E-state index contributed by atoms with van der Waals surface area (Å²) in [5.41, 5.74) is 33.5. The number of aryl methyl sites for hydroxylation is 1. The summed E-state index contributed by atoms with van der Waals surface area (Å²) in [4.78, 5) is 38.5. The van der Waals surface area contributed by atoms with E-state index < -0.39 is 0 Å². The summed E-state index contributed by atoms with van der Waals surface area (Å²) in [6.45, 7) is 3.12. The van der Waals surface area contributed by atoms with Gasteiger partial charge in [-0.2, -0.15) is 0 Å². The second-order valence-corrected chi connectivity index (χ2v) is 26.9. The van der Waals surface area contributed by atoms with Crippen LogP contribution in [0.25, 0.3) is 204 Å². The lowest BCUT2D eigenvalue weighted by Gasteiger charge is -2.11. The van der Waals surface area contributed by atoms with Crippen LogP contribution in [-0.4, -0.2) is 44.4 Å². The van der Waals surface area contributed by atoms with E-state index in [1.54, 1.807) is 0 Å². The highest BCUT2D eigenvalue weighted by Gasteiger charge is 2.24. The fraction of sp³-hybridized carbons (Fsp3) is 0.0638. The summed E-state index contributed by atoms with van der Waals surface area (Å²) < 4.78 is 2.59. The van der Waals surface area contributed by atoms with E-state index >= 15 is 0 Å². The molecule has 9 heteroatoms. The zero-order valence-corrected chi connectivity index (χ0v) is 56.8. The van der Waals surface area contributed by atoms with Crippen molar-refractivity contribution in [3.8, 4) is 89.0 Å². The Morgan fingerprint density at radius 1 is 0.233 bits per heavy atom. The first-order chi connectivity index (χ1) is 51.0. The molecule has 8 aromatic carbocycles. The first-order valence-corrected chi connectivity index (χ1v) is 35.7. The Morgan fingerprint density at radius 3 is 0.680 bits per heavy atom. The van der Waals surface area contributed by atoms with Crippen molar-refractivity contribution in [1.29, 1.82) is 0 Å². The molecular formula is C94H69N9. The van der Waals surface area contributed by atoms with Crippen molar-refractivity contribution in [3.05, 3.63) is 312 Å². The molecule has 0 aliphatic carbocycles. The minimum absolute atomic E-state index is 0.830. The van der Waals surface area contributed by atoms with Crippen LogP contribution in [0.5, 0.6) is 0 Å². The first-order valence-electron chi connectivity index (χ1n) is 35.7. The topological polar surface area (TPSA) is 120 Å². The van der Waals surface area contributed by atoms with Crippen LogP contribution in [0.4, 0.5) is 0 Å². The highest BCUT2D eigenvalue weighted by molar-refractivity contribution is 6.12. The first kappa shape index (κ1) is 60.9. The lowest BCUT2D eigenvalue weighted by Crippen LogP contribution is -1.98.